The number of aromatic nitrogens is 2. The van der Waals surface area contributed by atoms with Gasteiger partial charge < -0.3 is 9.84 Å². The maximum Gasteiger partial charge on any atom is 0.232 e. The van der Waals surface area contributed by atoms with E-state index in [4.69, 9.17) is 4.52 Å². The van der Waals surface area contributed by atoms with E-state index in [0.717, 1.165) is 30.6 Å². The van der Waals surface area contributed by atoms with Crippen LogP contribution in [0.25, 0.3) is 0 Å². The van der Waals surface area contributed by atoms with Gasteiger partial charge in [0.1, 0.15) is 0 Å². The number of thioether (sulfide) groups is 1. The summed E-state index contributed by atoms with van der Waals surface area (Å²) in [5.41, 5.74) is 1.29. The highest BCUT2D eigenvalue weighted by Gasteiger charge is 2.24. The van der Waals surface area contributed by atoms with E-state index < -0.39 is 0 Å². The molecular weight excluding hydrogens is 246 g/mol. The lowest BCUT2D eigenvalue weighted by Crippen LogP contribution is -2.40. The van der Waals surface area contributed by atoms with Crippen LogP contribution in [0.2, 0.25) is 0 Å². The van der Waals surface area contributed by atoms with Crippen LogP contribution in [-0.4, -0.2) is 23.2 Å². The highest BCUT2D eigenvalue weighted by atomic mass is 32.2. The van der Waals surface area contributed by atoms with Gasteiger partial charge in [0.05, 0.1) is 11.7 Å². The summed E-state index contributed by atoms with van der Waals surface area (Å²) in [7, 11) is 0. The fourth-order valence-electron chi connectivity index (χ4n) is 1.82. The van der Waals surface area contributed by atoms with Gasteiger partial charge in [0, 0.05) is 18.0 Å². The van der Waals surface area contributed by atoms with Crippen molar-refractivity contribution in [1.29, 1.82) is 0 Å². The van der Waals surface area contributed by atoms with E-state index in [2.05, 4.69) is 46.6 Å². The fraction of sp³-hybridized carbons (Fsp3) is 0.385. The summed E-state index contributed by atoms with van der Waals surface area (Å²) >= 11 is 1.75. The maximum absolute atomic E-state index is 5.27. The second-order valence-corrected chi connectivity index (χ2v) is 5.48. The van der Waals surface area contributed by atoms with Gasteiger partial charge in [0.2, 0.25) is 5.89 Å². The Kier molecular flexibility index (Phi) is 3.34. The minimum absolute atomic E-state index is 0.412. The first kappa shape index (κ1) is 11.7. The topological polar surface area (TPSA) is 51.0 Å². The average molecular weight is 261 g/mol. The number of hydrogen-bond acceptors (Lipinski definition) is 5. The van der Waals surface area contributed by atoms with Crippen molar-refractivity contribution in [3.05, 3.63) is 41.5 Å². The van der Waals surface area contributed by atoms with Gasteiger partial charge in [-0.15, -0.1) is 11.8 Å². The van der Waals surface area contributed by atoms with Crippen molar-refractivity contribution in [2.45, 2.75) is 23.5 Å². The van der Waals surface area contributed by atoms with Crippen LogP contribution in [0.4, 0.5) is 0 Å². The molecule has 0 bridgehead atoms. The summed E-state index contributed by atoms with van der Waals surface area (Å²) in [4.78, 5) is 5.71. The summed E-state index contributed by atoms with van der Waals surface area (Å²) in [5.74, 6) is 2.73. The fourth-order valence-corrected chi connectivity index (χ4v) is 2.69. The molecule has 94 valence electrons. The first-order chi connectivity index (χ1) is 8.83. The third-order valence-corrected chi connectivity index (χ3v) is 4.24. The van der Waals surface area contributed by atoms with Crippen molar-refractivity contribution in [3.8, 4) is 0 Å². The first-order valence-electron chi connectivity index (χ1n) is 6.04. The molecule has 0 spiro atoms. The molecule has 4 nitrogen and oxygen atoms in total. The van der Waals surface area contributed by atoms with Gasteiger partial charge in [-0.1, -0.05) is 23.4 Å². The number of hydrogen-bond donors (Lipinski definition) is 1. The molecule has 0 radical (unpaired) electrons. The second-order valence-electron chi connectivity index (χ2n) is 4.46. The van der Waals surface area contributed by atoms with Crippen molar-refractivity contribution in [2.75, 3.05) is 13.1 Å². The predicted molar refractivity (Wildman–Crippen MR) is 70.6 cm³/mol. The van der Waals surface area contributed by atoms with Crippen LogP contribution in [0.3, 0.4) is 0 Å². The molecule has 5 heteroatoms. The van der Waals surface area contributed by atoms with Gasteiger partial charge in [-0.2, -0.15) is 4.98 Å². The molecule has 0 aliphatic carbocycles. The van der Waals surface area contributed by atoms with Gasteiger partial charge in [-0.25, -0.2) is 0 Å². The standard InChI is InChI=1S/C13H15N3OS/c1-9-4-2-3-5-11(9)18-8-12-15-13(17-16-12)10-6-14-7-10/h2-5,10,14H,6-8H2,1H3. The highest BCUT2D eigenvalue weighted by molar-refractivity contribution is 7.98. The quantitative estimate of drug-likeness (QED) is 0.856. The summed E-state index contributed by atoms with van der Waals surface area (Å²) in [5, 5.41) is 7.23. The summed E-state index contributed by atoms with van der Waals surface area (Å²) in [6.07, 6.45) is 0. The number of nitrogens with one attached hydrogen (secondary N) is 1. The Morgan fingerprint density at radius 1 is 1.39 bits per heavy atom. The van der Waals surface area contributed by atoms with E-state index in [-0.39, 0.29) is 0 Å². The van der Waals surface area contributed by atoms with Crippen LogP contribution in [0.5, 0.6) is 0 Å². The molecule has 18 heavy (non-hydrogen) atoms. The van der Waals surface area contributed by atoms with Crippen molar-refractivity contribution in [1.82, 2.24) is 15.5 Å². The van der Waals surface area contributed by atoms with Gasteiger partial charge in [0.15, 0.2) is 5.82 Å². The maximum atomic E-state index is 5.27. The third-order valence-electron chi connectivity index (χ3n) is 3.06. The molecule has 1 aliphatic heterocycles. The van der Waals surface area contributed by atoms with Crippen LogP contribution in [-0.2, 0) is 5.75 Å². The van der Waals surface area contributed by atoms with Gasteiger partial charge in [0.25, 0.3) is 0 Å². The lowest BCUT2D eigenvalue weighted by Gasteiger charge is -2.22. The third kappa shape index (κ3) is 2.42. The van der Waals surface area contributed by atoms with Crippen LogP contribution >= 0.6 is 11.8 Å². The van der Waals surface area contributed by atoms with Crippen molar-refractivity contribution in [3.63, 3.8) is 0 Å². The zero-order chi connectivity index (χ0) is 12.4. The zero-order valence-corrected chi connectivity index (χ0v) is 11.0. The van der Waals surface area contributed by atoms with E-state index in [1.54, 1.807) is 11.8 Å². The zero-order valence-electron chi connectivity index (χ0n) is 10.2. The molecule has 2 aromatic rings. The smallest absolute Gasteiger partial charge is 0.232 e. The molecule has 0 unspecified atom stereocenters. The Morgan fingerprint density at radius 3 is 2.94 bits per heavy atom. The Hall–Kier alpha value is -1.33. The van der Waals surface area contributed by atoms with Crippen molar-refractivity contribution >= 4 is 11.8 Å². The molecule has 2 heterocycles. The van der Waals surface area contributed by atoms with E-state index in [0.29, 0.717) is 5.92 Å². The summed E-state index contributed by atoms with van der Waals surface area (Å²) in [6.45, 7) is 4.02. The molecule has 1 aliphatic rings. The number of rotatable bonds is 4. The molecular formula is C13H15N3OS. The Bertz CT molecular complexity index is 537. The normalized spacial score (nSPS) is 15.6. The van der Waals surface area contributed by atoms with Crippen LogP contribution in [0.1, 0.15) is 23.2 Å². The van der Waals surface area contributed by atoms with E-state index in [9.17, 15) is 0 Å². The SMILES string of the molecule is Cc1ccccc1SCc1noc(C2CNC2)n1. The molecule has 1 fully saturated rings. The van der Waals surface area contributed by atoms with Gasteiger partial charge in [-0.3, -0.25) is 0 Å². The molecule has 0 atom stereocenters. The lowest BCUT2D eigenvalue weighted by molar-refractivity contribution is 0.306. The molecule has 0 saturated carbocycles. The monoisotopic (exact) mass is 261 g/mol. The highest BCUT2D eigenvalue weighted by Crippen LogP contribution is 2.25. The second kappa shape index (κ2) is 5.12. The van der Waals surface area contributed by atoms with Crippen LogP contribution in [0, 0.1) is 6.92 Å². The molecule has 1 aromatic heterocycles. The summed E-state index contributed by atoms with van der Waals surface area (Å²) < 4.78 is 5.27. The molecule has 1 saturated heterocycles. The molecule has 1 aromatic carbocycles. The molecule has 0 amide bonds. The lowest BCUT2D eigenvalue weighted by atomic mass is 10.0. The Balaban J connectivity index is 1.63. The van der Waals surface area contributed by atoms with Gasteiger partial charge >= 0.3 is 0 Å². The number of aryl methyl sites for hydroxylation is 1. The van der Waals surface area contributed by atoms with Crippen molar-refractivity contribution in [2.24, 2.45) is 0 Å². The number of benzene rings is 1. The van der Waals surface area contributed by atoms with Crippen molar-refractivity contribution < 1.29 is 4.52 Å². The van der Waals surface area contributed by atoms with Gasteiger partial charge in [-0.05, 0) is 18.6 Å². The molecule has 1 N–H and O–H groups in total. The largest absolute Gasteiger partial charge is 0.339 e. The van der Waals surface area contributed by atoms with Crippen LogP contribution < -0.4 is 5.32 Å². The minimum atomic E-state index is 0.412. The first-order valence-corrected chi connectivity index (χ1v) is 7.03. The Labute approximate surface area is 110 Å². The summed E-state index contributed by atoms with van der Waals surface area (Å²) in [6, 6.07) is 8.34. The van der Waals surface area contributed by atoms with E-state index in [1.807, 2.05) is 0 Å². The van der Waals surface area contributed by atoms with E-state index in [1.165, 1.54) is 10.5 Å². The average Bonchev–Trinajstić information content (AvgIpc) is 2.74. The molecule has 3 rings (SSSR count). The predicted octanol–water partition coefficient (Wildman–Crippen LogP) is 2.36. The minimum Gasteiger partial charge on any atom is -0.339 e. The Morgan fingerprint density at radius 2 is 2.22 bits per heavy atom. The van der Waals surface area contributed by atoms with Crippen LogP contribution in [0.15, 0.2) is 33.7 Å². The number of nitrogens with zero attached hydrogens (tertiary/aromatic N) is 2. The van der Waals surface area contributed by atoms with E-state index >= 15 is 0 Å².